The molecule has 1 aliphatic heterocycles. The summed E-state index contributed by atoms with van der Waals surface area (Å²) in [4.78, 5) is 11.3. The molecule has 1 heterocycles. The fraction of sp³-hybridized carbons (Fsp3) is 0.625. The molecule has 1 atom stereocenters. The molecular formula is C8H13NO2S. The smallest absolute Gasteiger partial charge is 0.328 e. The van der Waals surface area contributed by atoms with E-state index in [0.717, 1.165) is 0 Å². The molecule has 68 valence electrons. The minimum atomic E-state index is -0.403. The van der Waals surface area contributed by atoms with E-state index in [-0.39, 0.29) is 12.0 Å². The fourth-order valence-corrected chi connectivity index (χ4v) is 1.40. The third-order valence-electron chi connectivity index (χ3n) is 1.19. The van der Waals surface area contributed by atoms with Crippen LogP contribution in [0.3, 0.4) is 0 Å². The Kier molecular flexibility index (Phi) is 2.80. The van der Waals surface area contributed by atoms with Crippen LogP contribution in [0.2, 0.25) is 0 Å². The van der Waals surface area contributed by atoms with Crippen molar-refractivity contribution in [3.63, 3.8) is 0 Å². The van der Waals surface area contributed by atoms with Crippen LogP contribution < -0.4 is 4.72 Å². The summed E-state index contributed by atoms with van der Waals surface area (Å²) in [6.45, 7) is 5.57. The van der Waals surface area contributed by atoms with Crippen LogP contribution in [0.4, 0.5) is 0 Å². The highest BCUT2D eigenvalue weighted by Gasteiger charge is 2.24. The van der Waals surface area contributed by atoms with Gasteiger partial charge in [0.1, 0.15) is 11.6 Å². The summed E-state index contributed by atoms with van der Waals surface area (Å²) in [5.41, 5.74) is -0.403. The van der Waals surface area contributed by atoms with E-state index in [1.54, 1.807) is 6.08 Å². The van der Waals surface area contributed by atoms with Gasteiger partial charge in [-0.05, 0) is 32.3 Å². The molecule has 0 aromatic heterocycles. The van der Waals surface area contributed by atoms with E-state index in [0.29, 0.717) is 0 Å². The number of carbonyl (C=O) groups is 1. The molecule has 1 aliphatic rings. The Balaban J connectivity index is 2.43. The highest BCUT2D eigenvalue weighted by molar-refractivity contribution is 8.00. The fourth-order valence-electron chi connectivity index (χ4n) is 0.762. The molecule has 0 radical (unpaired) electrons. The average molecular weight is 187 g/mol. The summed E-state index contributed by atoms with van der Waals surface area (Å²) in [5, 5.41) is 1.84. The summed E-state index contributed by atoms with van der Waals surface area (Å²) in [6, 6.07) is -0.283. The van der Waals surface area contributed by atoms with Crippen LogP contribution >= 0.6 is 11.9 Å². The van der Waals surface area contributed by atoms with Crippen LogP contribution in [-0.2, 0) is 9.53 Å². The number of ether oxygens (including phenoxy) is 1. The molecule has 4 heteroatoms. The van der Waals surface area contributed by atoms with Gasteiger partial charge in [0.05, 0.1) is 0 Å². The number of hydrogen-bond donors (Lipinski definition) is 1. The van der Waals surface area contributed by atoms with Gasteiger partial charge in [0.15, 0.2) is 0 Å². The summed E-state index contributed by atoms with van der Waals surface area (Å²) < 4.78 is 8.07. The molecule has 0 bridgehead atoms. The van der Waals surface area contributed by atoms with Crippen molar-refractivity contribution in [3.8, 4) is 0 Å². The zero-order valence-corrected chi connectivity index (χ0v) is 8.27. The molecule has 0 aromatic rings. The van der Waals surface area contributed by atoms with Crippen molar-refractivity contribution in [2.45, 2.75) is 32.4 Å². The second-order valence-corrected chi connectivity index (χ2v) is 4.32. The zero-order chi connectivity index (χ0) is 9.19. The molecule has 1 unspecified atom stereocenters. The maximum absolute atomic E-state index is 11.3. The van der Waals surface area contributed by atoms with Crippen LogP contribution in [0.5, 0.6) is 0 Å². The van der Waals surface area contributed by atoms with Crippen molar-refractivity contribution in [2.75, 3.05) is 0 Å². The molecule has 1 rings (SSSR count). The van der Waals surface area contributed by atoms with E-state index in [1.807, 2.05) is 26.2 Å². The zero-order valence-electron chi connectivity index (χ0n) is 7.46. The van der Waals surface area contributed by atoms with Crippen molar-refractivity contribution >= 4 is 17.9 Å². The van der Waals surface area contributed by atoms with Gasteiger partial charge in [-0.2, -0.15) is 0 Å². The van der Waals surface area contributed by atoms with Crippen LogP contribution in [0, 0.1) is 0 Å². The van der Waals surface area contributed by atoms with Gasteiger partial charge in [-0.25, -0.2) is 9.52 Å². The van der Waals surface area contributed by atoms with Gasteiger partial charge in [-0.15, -0.1) is 0 Å². The van der Waals surface area contributed by atoms with Gasteiger partial charge in [-0.3, -0.25) is 0 Å². The van der Waals surface area contributed by atoms with Gasteiger partial charge in [0.2, 0.25) is 0 Å². The summed E-state index contributed by atoms with van der Waals surface area (Å²) in [5.74, 6) is -0.219. The maximum Gasteiger partial charge on any atom is 0.328 e. The Bertz CT molecular complexity index is 208. The predicted molar refractivity (Wildman–Crippen MR) is 49.5 cm³/mol. The number of carbonyl (C=O) groups excluding carboxylic acids is 1. The molecule has 0 aliphatic carbocycles. The van der Waals surface area contributed by atoms with Crippen molar-refractivity contribution in [1.29, 1.82) is 0 Å². The second-order valence-electron chi connectivity index (χ2n) is 3.58. The monoisotopic (exact) mass is 187 g/mol. The first kappa shape index (κ1) is 9.61. The van der Waals surface area contributed by atoms with Crippen molar-refractivity contribution in [2.24, 2.45) is 0 Å². The van der Waals surface area contributed by atoms with Crippen LogP contribution in [0.15, 0.2) is 11.5 Å². The Hall–Kier alpha value is -0.480. The van der Waals surface area contributed by atoms with Crippen molar-refractivity contribution in [1.82, 2.24) is 4.72 Å². The molecule has 12 heavy (non-hydrogen) atoms. The van der Waals surface area contributed by atoms with Crippen LogP contribution in [0.1, 0.15) is 20.8 Å². The molecule has 0 saturated heterocycles. The van der Waals surface area contributed by atoms with Gasteiger partial charge >= 0.3 is 5.97 Å². The quantitative estimate of drug-likeness (QED) is 0.498. The Morgan fingerprint density at radius 1 is 1.58 bits per heavy atom. The first-order chi connectivity index (χ1) is 5.49. The maximum atomic E-state index is 11.3. The molecule has 0 saturated carbocycles. The standard InChI is InChI=1S/C8H13NO2S/c1-8(2,3)11-7(10)6-4-5-12-9-6/h4-6,9H,1-3H3. The molecule has 0 fully saturated rings. The average Bonchev–Trinajstić information content (AvgIpc) is 2.32. The van der Waals surface area contributed by atoms with Gasteiger partial charge in [0, 0.05) is 0 Å². The molecular weight excluding hydrogens is 174 g/mol. The van der Waals surface area contributed by atoms with Crippen molar-refractivity contribution < 1.29 is 9.53 Å². The SMILES string of the molecule is CC(C)(C)OC(=O)C1C=CSN1. The first-order valence-electron chi connectivity index (χ1n) is 3.80. The number of esters is 1. The van der Waals surface area contributed by atoms with E-state index >= 15 is 0 Å². The third-order valence-corrected chi connectivity index (χ3v) is 1.88. The largest absolute Gasteiger partial charge is 0.459 e. The minimum absolute atomic E-state index is 0.219. The van der Waals surface area contributed by atoms with Gasteiger partial charge in [-0.1, -0.05) is 11.9 Å². The highest BCUT2D eigenvalue weighted by atomic mass is 32.2. The van der Waals surface area contributed by atoms with Crippen LogP contribution in [-0.4, -0.2) is 17.6 Å². The van der Waals surface area contributed by atoms with E-state index in [2.05, 4.69) is 4.72 Å². The lowest BCUT2D eigenvalue weighted by atomic mass is 10.2. The normalized spacial score (nSPS) is 22.8. The van der Waals surface area contributed by atoms with Crippen LogP contribution in [0.25, 0.3) is 0 Å². The molecule has 1 N–H and O–H groups in total. The van der Waals surface area contributed by atoms with E-state index in [4.69, 9.17) is 4.74 Å². The minimum Gasteiger partial charge on any atom is -0.459 e. The van der Waals surface area contributed by atoms with Gasteiger partial charge < -0.3 is 4.74 Å². The topological polar surface area (TPSA) is 38.3 Å². The molecule has 0 spiro atoms. The van der Waals surface area contributed by atoms with E-state index in [1.165, 1.54) is 11.9 Å². The second kappa shape index (κ2) is 3.49. The number of hydrogen-bond acceptors (Lipinski definition) is 4. The number of nitrogens with one attached hydrogen (secondary N) is 1. The van der Waals surface area contributed by atoms with Gasteiger partial charge in [0.25, 0.3) is 0 Å². The Morgan fingerprint density at radius 2 is 2.25 bits per heavy atom. The van der Waals surface area contributed by atoms with E-state index in [9.17, 15) is 4.79 Å². The lowest BCUT2D eigenvalue weighted by Crippen LogP contribution is -2.35. The Morgan fingerprint density at radius 3 is 2.67 bits per heavy atom. The third kappa shape index (κ3) is 2.87. The number of rotatable bonds is 1. The van der Waals surface area contributed by atoms with Crippen molar-refractivity contribution in [3.05, 3.63) is 11.5 Å². The summed E-state index contributed by atoms with van der Waals surface area (Å²) in [6.07, 6.45) is 1.79. The molecule has 0 aromatic carbocycles. The Labute approximate surface area is 76.7 Å². The molecule has 3 nitrogen and oxygen atoms in total. The lowest BCUT2D eigenvalue weighted by Gasteiger charge is -2.21. The summed E-state index contributed by atoms with van der Waals surface area (Å²) in [7, 11) is 0. The first-order valence-corrected chi connectivity index (χ1v) is 4.68. The summed E-state index contributed by atoms with van der Waals surface area (Å²) >= 11 is 1.41. The predicted octanol–water partition coefficient (Wildman–Crippen LogP) is 1.46. The lowest BCUT2D eigenvalue weighted by molar-refractivity contribution is -0.155. The molecule has 0 amide bonds. The highest BCUT2D eigenvalue weighted by Crippen LogP contribution is 2.14. The van der Waals surface area contributed by atoms with E-state index < -0.39 is 5.60 Å².